The number of nitrogens with one attached hydrogen (secondary N) is 3. The Hall–Kier alpha value is -5.18. The molecule has 2 aliphatic heterocycles. The van der Waals surface area contributed by atoms with E-state index < -0.39 is 41.9 Å². The van der Waals surface area contributed by atoms with Gasteiger partial charge in [0.1, 0.15) is 11.9 Å². The molecular formula is C32H34F3N5O7. The molecule has 4 N–H and O–H groups in total. The van der Waals surface area contributed by atoms with Crippen LogP contribution < -0.4 is 30.2 Å². The van der Waals surface area contributed by atoms with Gasteiger partial charge in [0.25, 0.3) is 5.91 Å². The minimum absolute atomic E-state index is 0.104. The van der Waals surface area contributed by atoms with Crippen LogP contribution in [0, 0.1) is 5.92 Å². The summed E-state index contributed by atoms with van der Waals surface area (Å²) in [5.41, 5.74) is 0.121. The van der Waals surface area contributed by atoms with E-state index in [2.05, 4.69) is 16.0 Å². The number of amides is 5. The summed E-state index contributed by atoms with van der Waals surface area (Å²) >= 11 is 0. The number of rotatable bonds is 7. The lowest BCUT2D eigenvalue weighted by Gasteiger charge is -2.38. The molecule has 0 fully saturated rings. The summed E-state index contributed by atoms with van der Waals surface area (Å²) in [5.74, 6) is 0.607. The summed E-state index contributed by atoms with van der Waals surface area (Å²) in [6.45, 7) is 3.73. The molecule has 0 saturated carbocycles. The topological polar surface area (TPSA) is 142 Å². The number of ether oxygens (including phenoxy) is 3. The van der Waals surface area contributed by atoms with Gasteiger partial charge in [-0.15, -0.1) is 0 Å². The molecule has 0 radical (unpaired) electrons. The van der Waals surface area contributed by atoms with Crippen LogP contribution in [0.3, 0.4) is 0 Å². The van der Waals surface area contributed by atoms with Crippen molar-refractivity contribution in [2.75, 3.05) is 49.5 Å². The number of aliphatic hydroxyl groups is 1. The Morgan fingerprint density at radius 2 is 1.57 bits per heavy atom. The Labute approximate surface area is 268 Å². The summed E-state index contributed by atoms with van der Waals surface area (Å²) in [6, 6.07) is 11.8. The normalized spacial score (nSPS) is 17.9. The number of benzene rings is 3. The number of hydrogen-bond acceptors (Lipinski definition) is 7. The van der Waals surface area contributed by atoms with Gasteiger partial charge in [0.2, 0.25) is 6.79 Å². The van der Waals surface area contributed by atoms with Crippen LogP contribution in [0.1, 0.15) is 29.8 Å². The van der Waals surface area contributed by atoms with Crippen molar-refractivity contribution in [2.45, 2.75) is 32.2 Å². The monoisotopic (exact) mass is 657 g/mol. The maximum Gasteiger partial charge on any atom is 0.416 e. The van der Waals surface area contributed by atoms with Gasteiger partial charge in [-0.1, -0.05) is 6.92 Å². The first kappa shape index (κ1) is 33.2. The fourth-order valence-electron chi connectivity index (χ4n) is 5.10. The van der Waals surface area contributed by atoms with E-state index in [1.807, 2.05) is 6.92 Å². The van der Waals surface area contributed by atoms with Gasteiger partial charge in [0.05, 0.1) is 30.3 Å². The molecule has 2 aliphatic rings. The zero-order valence-corrected chi connectivity index (χ0v) is 25.8. The van der Waals surface area contributed by atoms with Crippen LogP contribution in [0.25, 0.3) is 0 Å². The van der Waals surface area contributed by atoms with Crippen molar-refractivity contribution in [3.63, 3.8) is 0 Å². The van der Waals surface area contributed by atoms with E-state index in [4.69, 9.17) is 14.2 Å². The van der Waals surface area contributed by atoms with Gasteiger partial charge >= 0.3 is 18.2 Å². The van der Waals surface area contributed by atoms with Crippen molar-refractivity contribution in [1.82, 2.24) is 9.80 Å². The molecule has 47 heavy (non-hydrogen) atoms. The second-order valence-corrected chi connectivity index (χ2v) is 11.4. The fraction of sp³-hybridized carbons (Fsp3) is 0.344. The number of alkyl halides is 3. The Bertz CT molecular complexity index is 1640. The summed E-state index contributed by atoms with van der Waals surface area (Å²) in [7, 11) is 1.61. The molecule has 15 heteroatoms. The van der Waals surface area contributed by atoms with Gasteiger partial charge in [0, 0.05) is 42.6 Å². The van der Waals surface area contributed by atoms with E-state index in [1.165, 1.54) is 28.0 Å². The Morgan fingerprint density at radius 3 is 2.26 bits per heavy atom. The Kier molecular flexibility index (Phi) is 9.65. The zero-order chi connectivity index (χ0) is 33.9. The Balaban J connectivity index is 1.31. The zero-order valence-electron chi connectivity index (χ0n) is 25.8. The highest BCUT2D eigenvalue weighted by molar-refractivity contribution is 6.02. The van der Waals surface area contributed by atoms with E-state index in [0.29, 0.717) is 17.2 Å². The van der Waals surface area contributed by atoms with E-state index in [1.54, 1.807) is 32.2 Å². The predicted molar refractivity (Wildman–Crippen MR) is 166 cm³/mol. The van der Waals surface area contributed by atoms with Crippen molar-refractivity contribution >= 4 is 35.0 Å². The summed E-state index contributed by atoms with van der Waals surface area (Å²) < 4.78 is 55.6. The maximum absolute atomic E-state index is 13.7. The average molecular weight is 658 g/mol. The molecule has 0 spiro atoms. The molecule has 0 aliphatic carbocycles. The largest absolute Gasteiger partial charge is 0.487 e. The maximum atomic E-state index is 13.7. The minimum atomic E-state index is -4.51. The van der Waals surface area contributed by atoms with Gasteiger partial charge in [0.15, 0.2) is 11.5 Å². The van der Waals surface area contributed by atoms with Crippen molar-refractivity contribution in [1.29, 1.82) is 0 Å². The van der Waals surface area contributed by atoms with E-state index in [-0.39, 0.29) is 55.1 Å². The lowest BCUT2D eigenvalue weighted by molar-refractivity contribution is -0.137. The van der Waals surface area contributed by atoms with Crippen LogP contribution in [0.5, 0.6) is 17.2 Å². The smallest absolute Gasteiger partial charge is 0.416 e. The Morgan fingerprint density at radius 1 is 0.957 bits per heavy atom. The summed E-state index contributed by atoms with van der Waals surface area (Å²) in [6.07, 6.45) is -5.09. The molecule has 5 amide bonds. The molecule has 250 valence electrons. The third-order valence-electron chi connectivity index (χ3n) is 7.82. The molecule has 3 aromatic carbocycles. The van der Waals surface area contributed by atoms with Crippen LogP contribution >= 0.6 is 0 Å². The average Bonchev–Trinajstić information content (AvgIpc) is 3.50. The van der Waals surface area contributed by atoms with Gasteiger partial charge in [-0.3, -0.25) is 4.79 Å². The number of hydrogen-bond donors (Lipinski definition) is 4. The lowest BCUT2D eigenvalue weighted by atomic mass is 9.99. The highest BCUT2D eigenvalue weighted by Gasteiger charge is 2.34. The third-order valence-corrected chi connectivity index (χ3v) is 7.82. The van der Waals surface area contributed by atoms with Crippen molar-refractivity contribution in [3.8, 4) is 17.2 Å². The van der Waals surface area contributed by atoms with Gasteiger partial charge in [-0.2, -0.15) is 13.2 Å². The molecular weight excluding hydrogens is 623 g/mol. The fourth-order valence-corrected chi connectivity index (χ4v) is 5.10. The number of nitrogens with zero attached hydrogens (tertiary/aromatic N) is 2. The van der Waals surface area contributed by atoms with Crippen LogP contribution in [-0.4, -0.2) is 78.6 Å². The van der Waals surface area contributed by atoms with Crippen LogP contribution in [0.4, 0.5) is 39.8 Å². The third kappa shape index (κ3) is 7.80. The first-order valence-electron chi connectivity index (χ1n) is 14.7. The van der Waals surface area contributed by atoms with Gasteiger partial charge in [-0.25, -0.2) is 9.59 Å². The highest BCUT2D eigenvalue weighted by Crippen LogP contribution is 2.35. The molecule has 3 aromatic rings. The molecule has 0 unspecified atom stereocenters. The molecule has 0 bridgehead atoms. The second kappa shape index (κ2) is 13.7. The quantitative estimate of drug-likeness (QED) is 0.264. The number of anilines is 3. The number of halogens is 3. The molecule has 12 nitrogen and oxygen atoms in total. The number of carbonyl (C=O) groups is 3. The van der Waals surface area contributed by atoms with Gasteiger partial charge < -0.3 is 45.1 Å². The number of aliphatic hydroxyl groups excluding tert-OH is 1. The molecule has 3 atom stereocenters. The van der Waals surface area contributed by atoms with Crippen molar-refractivity contribution in [2.24, 2.45) is 5.92 Å². The SMILES string of the molecule is C[C@H](CO)N1C[C@H](C)[C@@H](CN(C)C(=O)Nc2ccc3c(c2)OCO3)Oc2ccc(NC(=O)Nc3ccc(C(F)(F)F)cc3)cc2C1=O. The molecule has 0 saturated heterocycles. The number of likely N-dealkylation sites (N-methyl/N-ethyl adjacent to an activating group) is 1. The van der Waals surface area contributed by atoms with Crippen molar-refractivity contribution < 1.29 is 46.9 Å². The van der Waals surface area contributed by atoms with Crippen LogP contribution in [0.15, 0.2) is 60.7 Å². The van der Waals surface area contributed by atoms with E-state index in [0.717, 1.165) is 24.3 Å². The summed E-state index contributed by atoms with van der Waals surface area (Å²) in [5, 5.41) is 17.8. The number of urea groups is 2. The first-order valence-corrected chi connectivity index (χ1v) is 14.7. The summed E-state index contributed by atoms with van der Waals surface area (Å²) in [4.78, 5) is 42.4. The lowest BCUT2D eigenvalue weighted by Crippen LogP contribution is -2.50. The van der Waals surface area contributed by atoms with Crippen molar-refractivity contribution in [3.05, 3.63) is 71.8 Å². The second-order valence-electron chi connectivity index (χ2n) is 11.4. The number of carbonyl (C=O) groups excluding carboxylic acids is 3. The molecule has 2 heterocycles. The standard InChI is InChI=1S/C32H34F3N5O7/c1-18-14-40(19(2)16-41)29(42)24-12-22(37-30(43)36-21-6-4-20(5-7-21)32(33,34)35)8-10-25(24)47-28(18)15-39(3)31(44)38-23-9-11-26-27(13-23)46-17-45-26/h4-13,18-19,28,41H,14-17H2,1-3H3,(H,38,44)(H2,36,37,43)/t18-,19+,28+/m0/s1. The predicted octanol–water partition coefficient (Wildman–Crippen LogP) is 5.46. The molecule has 5 rings (SSSR count). The molecule has 0 aromatic heterocycles. The highest BCUT2D eigenvalue weighted by atomic mass is 19.4. The van der Waals surface area contributed by atoms with Crippen LogP contribution in [-0.2, 0) is 6.18 Å². The minimum Gasteiger partial charge on any atom is -0.487 e. The van der Waals surface area contributed by atoms with Gasteiger partial charge in [-0.05, 0) is 61.5 Å². The number of fused-ring (bicyclic) bond motifs is 2. The van der Waals surface area contributed by atoms with E-state index >= 15 is 0 Å². The van der Waals surface area contributed by atoms with Crippen LogP contribution in [0.2, 0.25) is 0 Å². The first-order chi connectivity index (χ1) is 22.3. The van der Waals surface area contributed by atoms with E-state index in [9.17, 15) is 32.7 Å².